The molecule has 0 spiro atoms. The molecular weight excluding hydrogens is 275 g/mol. The average Bonchev–Trinajstić information content (AvgIpc) is 2.84. The summed E-state index contributed by atoms with van der Waals surface area (Å²) in [5.74, 6) is -1.20. The molecule has 0 aliphatic rings. The van der Waals surface area contributed by atoms with Crippen LogP contribution in [0.25, 0.3) is 0 Å². The predicted molar refractivity (Wildman–Crippen MR) is 71.1 cm³/mol. The summed E-state index contributed by atoms with van der Waals surface area (Å²) in [5.41, 5.74) is 5.66. The Morgan fingerprint density at radius 1 is 1.43 bits per heavy atom. The number of carbonyl (C=O) groups is 1. The normalized spacial score (nSPS) is 9.67. The van der Waals surface area contributed by atoms with Gasteiger partial charge in [0, 0.05) is 5.69 Å². The van der Waals surface area contributed by atoms with E-state index in [1.54, 1.807) is 12.1 Å². The average molecular weight is 284 g/mol. The van der Waals surface area contributed by atoms with Gasteiger partial charge in [0.25, 0.3) is 0 Å². The van der Waals surface area contributed by atoms with Crippen molar-refractivity contribution in [2.75, 3.05) is 11.1 Å². The molecule has 0 fully saturated rings. The van der Waals surface area contributed by atoms with Crippen LogP contribution in [0.15, 0.2) is 24.5 Å². The fraction of sp³-hybridized carbons (Fsp3) is 0.0769. The van der Waals surface area contributed by atoms with Crippen LogP contribution in [0.5, 0.6) is 0 Å². The van der Waals surface area contributed by atoms with Crippen LogP contribution in [0.3, 0.4) is 0 Å². The van der Waals surface area contributed by atoms with E-state index in [4.69, 9.17) is 16.3 Å². The number of aromatic nitrogens is 2. The smallest absolute Gasteiger partial charge is 0.244 e. The number of nitrogens with zero attached hydrogens (tertiary/aromatic N) is 4. The van der Waals surface area contributed by atoms with Gasteiger partial charge in [-0.3, -0.25) is 4.79 Å². The van der Waals surface area contributed by atoms with Crippen molar-refractivity contribution in [3.63, 3.8) is 0 Å². The quantitative estimate of drug-likeness (QED) is 0.814. The second-order valence-corrected chi connectivity index (χ2v) is 4.08. The van der Waals surface area contributed by atoms with Crippen LogP contribution in [-0.4, -0.2) is 15.5 Å². The van der Waals surface area contributed by atoms with Crippen LogP contribution in [0, 0.1) is 28.5 Å². The number of nitrogen functional groups attached to an aromatic ring is 1. The lowest BCUT2D eigenvalue weighted by Crippen LogP contribution is -2.20. The second kappa shape index (κ2) is 5.72. The highest BCUT2D eigenvalue weighted by Gasteiger charge is 2.14. The molecule has 0 saturated heterocycles. The van der Waals surface area contributed by atoms with Crippen molar-refractivity contribution >= 4 is 17.3 Å². The van der Waals surface area contributed by atoms with Gasteiger partial charge in [-0.1, -0.05) is 0 Å². The molecule has 0 unspecified atom stereocenters. The SMILES string of the molecule is N#Cc1ncn(CC(=O)Nc2cc(N)ccc2F)c1C#N. The van der Waals surface area contributed by atoms with Gasteiger partial charge < -0.3 is 15.6 Å². The molecule has 2 rings (SSSR count). The minimum Gasteiger partial charge on any atom is -0.399 e. The van der Waals surface area contributed by atoms with Crippen LogP contribution in [0.2, 0.25) is 0 Å². The molecule has 1 amide bonds. The largest absolute Gasteiger partial charge is 0.399 e. The summed E-state index contributed by atoms with van der Waals surface area (Å²) in [5, 5.41) is 20.0. The molecule has 0 atom stereocenters. The number of anilines is 2. The molecule has 1 heterocycles. The minimum atomic E-state index is -0.624. The van der Waals surface area contributed by atoms with Crippen LogP contribution < -0.4 is 11.1 Å². The third-order valence-corrected chi connectivity index (χ3v) is 2.63. The zero-order valence-corrected chi connectivity index (χ0v) is 10.7. The van der Waals surface area contributed by atoms with Crippen LogP contribution in [-0.2, 0) is 11.3 Å². The second-order valence-electron chi connectivity index (χ2n) is 4.08. The number of amides is 1. The van der Waals surface area contributed by atoms with Gasteiger partial charge in [0.15, 0.2) is 11.4 Å². The minimum absolute atomic E-state index is 0.0271. The van der Waals surface area contributed by atoms with E-state index in [1.807, 2.05) is 0 Å². The molecule has 0 aliphatic carbocycles. The number of nitrogens with two attached hydrogens (primary N) is 1. The first kappa shape index (κ1) is 14.0. The maximum Gasteiger partial charge on any atom is 0.244 e. The lowest BCUT2D eigenvalue weighted by atomic mass is 10.2. The Kier molecular flexibility index (Phi) is 3.82. The van der Waals surface area contributed by atoms with Gasteiger partial charge in [-0.15, -0.1) is 0 Å². The maximum absolute atomic E-state index is 13.5. The third-order valence-electron chi connectivity index (χ3n) is 2.63. The van der Waals surface area contributed by atoms with Crippen LogP contribution in [0.4, 0.5) is 15.8 Å². The highest BCUT2D eigenvalue weighted by molar-refractivity contribution is 5.91. The zero-order chi connectivity index (χ0) is 15.4. The summed E-state index contributed by atoms with van der Waals surface area (Å²) in [6.45, 7) is -0.272. The van der Waals surface area contributed by atoms with E-state index in [-0.39, 0.29) is 23.6 Å². The van der Waals surface area contributed by atoms with E-state index >= 15 is 0 Å². The zero-order valence-electron chi connectivity index (χ0n) is 10.7. The maximum atomic E-state index is 13.5. The molecule has 1 aromatic carbocycles. The molecule has 21 heavy (non-hydrogen) atoms. The standard InChI is InChI=1S/C13H9FN6O/c14-9-2-1-8(17)3-10(9)19-13(21)6-20-7-18-11(4-15)12(20)5-16/h1-3,7H,6,17H2,(H,19,21). The fourth-order valence-electron chi connectivity index (χ4n) is 1.68. The first-order valence-corrected chi connectivity index (χ1v) is 5.75. The molecule has 8 heteroatoms. The summed E-state index contributed by atoms with van der Waals surface area (Å²) >= 11 is 0. The number of hydrogen-bond acceptors (Lipinski definition) is 5. The Bertz CT molecular complexity index is 783. The molecule has 3 N–H and O–H groups in total. The van der Waals surface area contributed by atoms with E-state index in [0.717, 1.165) is 6.07 Å². The fourth-order valence-corrected chi connectivity index (χ4v) is 1.68. The van der Waals surface area contributed by atoms with Gasteiger partial charge in [-0.2, -0.15) is 10.5 Å². The molecule has 0 aliphatic heterocycles. The summed E-state index contributed by atoms with van der Waals surface area (Å²) in [7, 11) is 0. The van der Waals surface area contributed by atoms with Gasteiger partial charge in [-0.25, -0.2) is 9.37 Å². The van der Waals surface area contributed by atoms with Crippen molar-refractivity contribution in [2.24, 2.45) is 0 Å². The summed E-state index contributed by atoms with van der Waals surface area (Å²) in [6.07, 6.45) is 1.20. The van der Waals surface area contributed by atoms with E-state index in [1.165, 1.54) is 23.0 Å². The van der Waals surface area contributed by atoms with Crippen molar-refractivity contribution in [1.82, 2.24) is 9.55 Å². The number of nitriles is 2. The van der Waals surface area contributed by atoms with E-state index in [2.05, 4.69) is 10.3 Å². The van der Waals surface area contributed by atoms with Gasteiger partial charge in [0.2, 0.25) is 5.91 Å². The molecule has 0 bridgehead atoms. The topological polar surface area (TPSA) is 121 Å². The predicted octanol–water partition coefficient (Wildman–Crippen LogP) is 0.986. The molecule has 2 aromatic rings. The Labute approximate surface area is 119 Å². The number of imidazole rings is 1. The Hall–Kier alpha value is -3.39. The third kappa shape index (κ3) is 2.96. The molecule has 7 nitrogen and oxygen atoms in total. The van der Waals surface area contributed by atoms with Crippen molar-refractivity contribution in [1.29, 1.82) is 10.5 Å². The number of hydrogen-bond donors (Lipinski definition) is 2. The van der Waals surface area contributed by atoms with Crippen LogP contribution in [0.1, 0.15) is 11.4 Å². The summed E-state index contributed by atoms with van der Waals surface area (Å²) in [6, 6.07) is 7.32. The summed E-state index contributed by atoms with van der Waals surface area (Å²) in [4.78, 5) is 15.6. The Morgan fingerprint density at radius 3 is 2.86 bits per heavy atom. The monoisotopic (exact) mass is 284 g/mol. The van der Waals surface area contributed by atoms with E-state index in [9.17, 15) is 9.18 Å². The van der Waals surface area contributed by atoms with Gasteiger partial charge in [0.1, 0.15) is 24.5 Å². The number of halogens is 1. The highest BCUT2D eigenvalue weighted by Crippen LogP contribution is 2.17. The number of nitrogens with one attached hydrogen (secondary N) is 1. The van der Waals surface area contributed by atoms with Gasteiger partial charge >= 0.3 is 0 Å². The number of carbonyl (C=O) groups excluding carboxylic acids is 1. The molecule has 104 valence electrons. The number of rotatable bonds is 3. The van der Waals surface area contributed by atoms with Crippen molar-refractivity contribution in [3.8, 4) is 12.1 Å². The first-order valence-electron chi connectivity index (χ1n) is 5.75. The van der Waals surface area contributed by atoms with Gasteiger partial charge in [-0.05, 0) is 18.2 Å². The van der Waals surface area contributed by atoms with E-state index < -0.39 is 11.7 Å². The van der Waals surface area contributed by atoms with Crippen molar-refractivity contribution < 1.29 is 9.18 Å². The lowest BCUT2D eigenvalue weighted by Gasteiger charge is -2.08. The van der Waals surface area contributed by atoms with Gasteiger partial charge in [0.05, 0.1) is 12.0 Å². The van der Waals surface area contributed by atoms with E-state index in [0.29, 0.717) is 5.69 Å². The Morgan fingerprint density at radius 2 is 2.19 bits per heavy atom. The van der Waals surface area contributed by atoms with Crippen LogP contribution >= 0.6 is 0 Å². The Balaban J connectivity index is 2.16. The highest BCUT2D eigenvalue weighted by atomic mass is 19.1. The number of benzene rings is 1. The molecule has 1 aromatic heterocycles. The summed E-state index contributed by atoms with van der Waals surface area (Å²) < 4.78 is 14.7. The molecular formula is C13H9FN6O. The first-order chi connectivity index (χ1) is 10.0. The van der Waals surface area contributed by atoms with Crippen molar-refractivity contribution in [3.05, 3.63) is 41.7 Å². The lowest BCUT2D eigenvalue weighted by molar-refractivity contribution is -0.116. The molecule has 0 saturated carbocycles. The molecule has 0 radical (unpaired) electrons. The van der Waals surface area contributed by atoms with Crippen molar-refractivity contribution in [2.45, 2.75) is 6.54 Å².